The van der Waals surface area contributed by atoms with E-state index < -0.39 is 5.97 Å². The topological polar surface area (TPSA) is 53.0 Å². The summed E-state index contributed by atoms with van der Waals surface area (Å²) in [4.78, 5) is 15.7. The minimum Gasteiger partial charge on any atom is -0.478 e. The van der Waals surface area contributed by atoms with Crippen molar-refractivity contribution >= 4 is 11.7 Å². The lowest BCUT2D eigenvalue weighted by molar-refractivity contribution is 0.0209. The van der Waals surface area contributed by atoms with E-state index in [1.807, 2.05) is 12.1 Å². The summed E-state index contributed by atoms with van der Waals surface area (Å²) >= 11 is 0. The molecule has 0 spiro atoms. The zero-order chi connectivity index (χ0) is 13.9. The normalized spacial score (nSPS) is 24.0. The molecule has 20 heavy (non-hydrogen) atoms. The highest BCUT2D eigenvalue weighted by Crippen LogP contribution is 2.24. The van der Waals surface area contributed by atoms with Crippen molar-refractivity contribution in [1.29, 1.82) is 0 Å². The molecule has 0 amide bonds. The van der Waals surface area contributed by atoms with E-state index in [9.17, 15) is 4.79 Å². The number of carbonyl (C=O) groups is 1. The number of anilines is 1. The van der Waals surface area contributed by atoms with Gasteiger partial charge < -0.3 is 14.7 Å². The van der Waals surface area contributed by atoms with Crippen LogP contribution in [0.15, 0.2) is 24.3 Å². The predicted molar refractivity (Wildman–Crippen MR) is 76.4 cm³/mol. The zero-order valence-corrected chi connectivity index (χ0v) is 11.5. The lowest BCUT2D eigenvalue weighted by Crippen LogP contribution is -2.44. The van der Waals surface area contributed by atoms with Crippen molar-refractivity contribution in [3.8, 4) is 0 Å². The van der Waals surface area contributed by atoms with Crippen LogP contribution in [-0.4, -0.2) is 61.4 Å². The van der Waals surface area contributed by atoms with Crippen molar-refractivity contribution in [2.45, 2.75) is 12.5 Å². The Labute approximate surface area is 118 Å². The van der Waals surface area contributed by atoms with Crippen LogP contribution >= 0.6 is 0 Å². The lowest BCUT2D eigenvalue weighted by Gasteiger charge is -2.32. The smallest absolute Gasteiger partial charge is 0.335 e. The Morgan fingerprint density at radius 3 is 2.50 bits per heavy atom. The number of hydrogen-bond donors (Lipinski definition) is 1. The fraction of sp³-hybridized carbons (Fsp3) is 0.533. The summed E-state index contributed by atoms with van der Waals surface area (Å²) in [6, 6.07) is 7.77. The molecule has 1 aromatic rings. The average Bonchev–Trinajstić information content (AvgIpc) is 2.98. The maximum Gasteiger partial charge on any atom is 0.335 e. The summed E-state index contributed by atoms with van der Waals surface area (Å²) in [6.45, 7) is 5.78. The molecule has 5 heteroatoms. The Kier molecular flexibility index (Phi) is 3.89. The van der Waals surface area contributed by atoms with Gasteiger partial charge >= 0.3 is 5.97 Å². The molecule has 0 saturated carbocycles. The van der Waals surface area contributed by atoms with Crippen LogP contribution < -0.4 is 4.90 Å². The molecule has 2 saturated heterocycles. The van der Waals surface area contributed by atoms with Crippen LogP contribution in [0, 0.1) is 0 Å². The fourth-order valence-corrected chi connectivity index (χ4v) is 3.03. The first-order valence-corrected chi connectivity index (χ1v) is 7.14. The Balaban J connectivity index is 1.62. The first-order chi connectivity index (χ1) is 9.74. The van der Waals surface area contributed by atoms with Gasteiger partial charge in [0.2, 0.25) is 0 Å². The van der Waals surface area contributed by atoms with Gasteiger partial charge in [-0.1, -0.05) is 0 Å². The summed E-state index contributed by atoms with van der Waals surface area (Å²) in [5, 5.41) is 8.92. The third-order valence-electron chi connectivity index (χ3n) is 4.20. The highest BCUT2D eigenvalue weighted by atomic mass is 16.5. The van der Waals surface area contributed by atoms with Crippen LogP contribution in [-0.2, 0) is 4.74 Å². The summed E-state index contributed by atoms with van der Waals surface area (Å²) in [5.41, 5.74) is 1.46. The van der Waals surface area contributed by atoms with Crippen molar-refractivity contribution in [2.24, 2.45) is 0 Å². The molecule has 0 bridgehead atoms. The number of nitrogens with zero attached hydrogens (tertiary/aromatic N) is 2. The summed E-state index contributed by atoms with van der Waals surface area (Å²) in [6.07, 6.45) is 1.17. The maximum absolute atomic E-state index is 10.9. The molecular formula is C15H20N2O3. The standard InChI is InChI=1S/C15H20N2O3/c18-15(19)12-1-3-13(4-2-12)17-6-5-14(11-17)16-7-9-20-10-8-16/h1-4,14H,5-11H2,(H,18,19). The monoisotopic (exact) mass is 276 g/mol. The van der Waals surface area contributed by atoms with Crippen LogP contribution in [0.5, 0.6) is 0 Å². The first kappa shape index (κ1) is 13.4. The highest BCUT2D eigenvalue weighted by Gasteiger charge is 2.28. The largest absolute Gasteiger partial charge is 0.478 e. The van der Waals surface area contributed by atoms with E-state index in [1.165, 1.54) is 6.42 Å². The van der Waals surface area contributed by atoms with Crippen molar-refractivity contribution < 1.29 is 14.6 Å². The van der Waals surface area contributed by atoms with Crippen molar-refractivity contribution in [2.75, 3.05) is 44.3 Å². The van der Waals surface area contributed by atoms with Gasteiger partial charge in [-0.2, -0.15) is 0 Å². The summed E-state index contributed by atoms with van der Waals surface area (Å²) < 4.78 is 5.40. The Morgan fingerprint density at radius 2 is 1.85 bits per heavy atom. The lowest BCUT2D eigenvalue weighted by atomic mass is 10.2. The molecule has 1 unspecified atom stereocenters. The van der Waals surface area contributed by atoms with Gasteiger partial charge in [0.25, 0.3) is 0 Å². The molecule has 2 aliphatic rings. The molecule has 3 rings (SSSR count). The molecule has 2 fully saturated rings. The van der Waals surface area contributed by atoms with Crippen molar-refractivity contribution in [1.82, 2.24) is 4.90 Å². The fourth-order valence-electron chi connectivity index (χ4n) is 3.03. The SMILES string of the molecule is O=C(O)c1ccc(N2CCC(N3CCOCC3)C2)cc1. The molecule has 1 atom stereocenters. The van der Waals surface area contributed by atoms with Gasteiger partial charge in [-0.05, 0) is 30.7 Å². The Morgan fingerprint density at radius 1 is 1.15 bits per heavy atom. The molecule has 2 aliphatic heterocycles. The molecule has 0 aromatic heterocycles. The van der Waals surface area contributed by atoms with E-state index in [-0.39, 0.29) is 0 Å². The Hall–Kier alpha value is -1.59. The van der Waals surface area contributed by atoms with Gasteiger partial charge in [-0.3, -0.25) is 4.90 Å². The van der Waals surface area contributed by atoms with E-state index >= 15 is 0 Å². The highest BCUT2D eigenvalue weighted by molar-refractivity contribution is 5.88. The number of carboxylic acids is 1. The Bertz CT molecular complexity index is 469. The predicted octanol–water partition coefficient (Wildman–Crippen LogP) is 1.30. The van der Waals surface area contributed by atoms with E-state index in [2.05, 4.69) is 9.80 Å². The molecule has 0 aliphatic carbocycles. The van der Waals surface area contributed by atoms with E-state index in [0.29, 0.717) is 11.6 Å². The average molecular weight is 276 g/mol. The number of hydrogen-bond acceptors (Lipinski definition) is 4. The second kappa shape index (κ2) is 5.81. The number of morpholine rings is 1. The van der Waals surface area contributed by atoms with Crippen LogP contribution in [0.1, 0.15) is 16.8 Å². The summed E-state index contributed by atoms with van der Waals surface area (Å²) in [7, 11) is 0. The van der Waals surface area contributed by atoms with Gasteiger partial charge in [-0.25, -0.2) is 4.79 Å². The van der Waals surface area contributed by atoms with Crippen molar-refractivity contribution in [3.63, 3.8) is 0 Å². The molecule has 2 heterocycles. The molecule has 1 N–H and O–H groups in total. The number of carboxylic acid groups (broad SMARTS) is 1. The number of benzene rings is 1. The molecule has 108 valence electrons. The summed E-state index contributed by atoms with van der Waals surface area (Å²) in [5.74, 6) is -0.871. The zero-order valence-electron chi connectivity index (χ0n) is 11.5. The second-order valence-corrected chi connectivity index (χ2v) is 5.39. The van der Waals surface area contributed by atoms with E-state index in [1.54, 1.807) is 12.1 Å². The van der Waals surface area contributed by atoms with Gasteiger partial charge in [0.15, 0.2) is 0 Å². The van der Waals surface area contributed by atoms with Crippen LogP contribution in [0.2, 0.25) is 0 Å². The molecule has 1 aromatic carbocycles. The minimum atomic E-state index is -0.871. The van der Waals surface area contributed by atoms with Crippen molar-refractivity contribution in [3.05, 3.63) is 29.8 Å². The van der Waals surface area contributed by atoms with Gasteiger partial charge in [0.05, 0.1) is 18.8 Å². The molecule has 5 nitrogen and oxygen atoms in total. The first-order valence-electron chi connectivity index (χ1n) is 7.14. The van der Waals surface area contributed by atoms with Gasteiger partial charge in [0.1, 0.15) is 0 Å². The maximum atomic E-state index is 10.9. The van der Waals surface area contributed by atoms with Gasteiger partial charge in [-0.15, -0.1) is 0 Å². The van der Waals surface area contributed by atoms with Gasteiger partial charge in [0, 0.05) is 37.9 Å². The molecular weight excluding hydrogens is 256 g/mol. The van der Waals surface area contributed by atoms with Crippen LogP contribution in [0.25, 0.3) is 0 Å². The van der Waals surface area contributed by atoms with E-state index in [4.69, 9.17) is 9.84 Å². The molecule has 0 radical (unpaired) electrons. The van der Waals surface area contributed by atoms with E-state index in [0.717, 1.165) is 45.1 Å². The quantitative estimate of drug-likeness (QED) is 0.901. The van der Waals surface area contributed by atoms with Crippen LogP contribution in [0.3, 0.4) is 0 Å². The number of rotatable bonds is 3. The number of ether oxygens (including phenoxy) is 1. The third-order valence-corrected chi connectivity index (χ3v) is 4.20. The number of aromatic carboxylic acids is 1. The van der Waals surface area contributed by atoms with Crippen LogP contribution in [0.4, 0.5) is 5.69 Å². The second-order valence-electron chi connectivity index (χ2n) is 5.39. The minimum absolute atomic E-state index is 0.345. The third kappa shape index (κ3) is 2.78.